The summed E-state index contributed by atoms with van der Waals surface area (Å²) < 4.78 is 13.2. The number of piperidine rings is 1. The van der Waals surface area contributed by atoms with Crippen molar-refractivity contribution in [2.45, 2.75) is 39.2 Å². The van der Waals surface area contributed by atoms with E-state index in [-0.39, 0.29) is 36.5 Å². The van der Waals surface area contributed by atoms with Crippen molar-refractivity contribution in [3.05, 3.63) is 65.7 Å². The summed E-state index contributed by atoms with van der Waals surface area (Å²) >= 11 is 0. The van der Waals surface area contributed by atoms with Gasteiger partial charge >= 0.3 is 0 Å². The molecule has 1 N–H and O–H groups in total. The highest BCUT2D eigenvalue weighted by atomic mass is 35.5. The number of rotatable bonds is 8. The predicted octanol–water partition coefficient (Wildman–Crippen LogP) is 4.66. The lowest BCUT2D eigenvalue weighted by atomic mass is 9.84. The topological polar surface area (TPSA) is 45.2 Å². The Morgan fingerprint density at radius 3 is 2.50 bits per heavy atom. The highest BCUT2D eigenvalue weighted by molar-refractivity contribution is 5.85. The van der Waals surface area contributed by atoms with Crippen LogP contribution in [0.4, 0.5) is 4.39 Å². The van der Waals surface area contributed by atoms with E-state index in [2.05, 4.69) is 17.2 Å². The normalized spacial score (nSPS) is 14.9. The number of pyridine rings is 1. The Bertz CT molecular complexity index is 740. The van der Waals surface area contributed by atoms with Crippen LogP contribution in [-0.4, -0.2) is 35.4 Å². The van der Waals surface area contributed by atoms with Crippen molar-refractivity contribution in [1.82, 2.24) is 15.2 Å². The van der Waals surface area contributed by atoms with Crippen LogP contribution in [0.25, 0.3) is 0 Å². The molecule has 3 rings (SSSR count). The molecule has 1 aliphatic heterocycles. The Kier molecular flexibility index (Phi) is 11.9. The van der Waals surface area contributed by atoms with Crippen molar-refractivity contribution in [3.63, 3.8) is 0 Å². The lowest BCUT2D eigenvalue weighted by Gasteiger charge is -2.30. The second-order valence-corrected chi connectivity index (χ2v) is 7.78. The Morgan fingerprint density at radius 1 is 1.17 bits per heavy atom. The third-order valence-corrected chi connectivity index (χ3v) is 5.69. The van der Waals surface area contributed by atoms with Crippen molar-refractivity contribution in [2.24, 2.45) is 11.8 Å². The van der Waals surface area contributed by atoms with Crippen molar-refractivity contribution < 1.29 is 9.18 Å². The maximum Gasteiger partial charge on any atom is 0.223 e. The molecule has 30 heavy (non-hydrogen) atoms. The maximum absolute atomic E-state index is 13.2. The van der Waals surface area contributed by atoms with Gasteiger partial charge in [0.15, 0.2) is 0 Å². The molecule has 1 saturated heterocycles. The van der Waals surface area contributed by atoms with E-state index in [4.69, 9.17) is 0 Å². The molecular weight excluding hydrogens is 424 g/mol. The highest BCUT2D eigenvalue weighted by Crippen LogP contribution is 2.25. The summed E-state index contributed by atoms with van der Waals surface area (Å²) in [6, 6.07) is 12.3. The number of nitrogens with zero attached hydrogens (tertiary/aromatic N) is 2. The van der Waals surface area contributed by atoms with Gasteiger partial charge in [-0.15, -0.1) is 24.8 Å². The number of amides is 1. The minimum absolute atomic E-state index is 0. The maximum atomic E-state index is 13.2. The SMILES string of the molecule is CC(CC(=O)N(CCc1ccccn1)Cc1ccc(F)cc1)C1CCNCC1.Cl.Cl. The molecule has 1 aromatic heterocycles. The van der Waals surface area contributed by atoms with E-state index >= 15 is 0 Å². The molecule has 1 unspecified atom stereocenters. The van der Waals surface area contributed by atoms with Gasteiger partial charge in [0.2, 0.25) is 5.91 Å². The largest absolute Gasteiger partial charge is 0.338 e. The van der Waals surface area contributed by atoms with E-state index < -0.39 is 0 Å². The standard InChI is InChI=1S/C23H30FN3O.2ClH/c1-18(20-9-13-25-14-10-20)16-23(28)27(15-11-22-4-2-3-12-26-22)17-19-5-7-21(24)8-6-19;;/h2-8,12,18,20,25H,9-11,13-17H2,1H3;2*1H. The first-order valence-electron chi connectivity index (χ1n) is 10.2. The van der Waals surface area contributed by atoms with Gasteiger partial charge in [0.1, 0.15) is 5.82 Å². The predicted molar refractivity (Wildman–Crippen MR) is 124 cm³/mol. The molecule has 1 fully saturated rings. The molecule has 0 radical (unpaired) electrons. The third kappa shape index (κ3) is 8.21. The van der Waals surface area contributed by atoms with Gasteiger partial charge in [-0.1, -0.05) is 25.1 Å². The zero-order valence-electron chi connectivity index (χ0n) is 17.4. The fraction of sp³-hybridized carbons (Fsp3) is 0.478. The van der Waals surface area contributed by atoms with Gasteiger partial charge in [0.05, 0.1) is 0 Å². The van der Waals surface area contributed by atoms with E-state index in [1.165, 1.54) is 12.1 Å². The summed E-state index contributed by atoms with van der Waals surface area (Å²) in [5.41, 5.74) is 1.93. The van der Waals surface area contributed by atoms with Gasteiger partial charge in [0.25, 0.3) is 0 Å². The van der Waals surface area contributed by atoms with E-state index in [0.29, 0.717) is 31.3 Å². The zero-order chi connectivity index (χ0) is 19.8. The van der Waals surface area contributed by atoms with Gasteiger partial charge in [-0.3, -0.25) is 9.78 Å². The zero-order valence-corrected chi connectivity index (χ0v) is 19.1. The lowest BCUT2D eigenvalue weighted by Crippen LogP contribution is -2.36. The quantitative estimate of drug-likeness (QED) is 0.629. The highest BCUT2D eigenvalue weighted by Gasteiger charge is 2.24. The first kappa shape index (κ1) is 26.3. The summed E-state index contributed by atoms with van der Waals surface area (Å²) in [6.45, 7) is 5.41. The molecule has 1 aliphatic rings. The molecular formula is C23H32Cl2FN3O. The van der Waals surface area contributed by atoms with E-state index in [0.717, 1.165) is 43.6 Å². The second kappa shape index (κ2) is 13.6. The van der Waals surface area contributed by atoms with E-state index in [1.54, 1.807) is 18.3 Å². The molecule has 1 atom stereocenters. The fourth-order valence-electron chi connectivity index (χ4n) is 3.88. The number of carbonyl (C=O) groups is 1. The Labute approximate surface area is 191 Å². The van der Waals surface area contributed by atoms with Crippen molar-refractivity contribution in [3.8, 4) is 0 Å². The first-order valence-corrected chi connectivity index (χ1v) is 10.2. The number of aromatic nitrogens is 1. The lowest BCUT2D eigenvalue weighted by molar-refractivity contribution is -0.133. The van der Waals surface area contributed by atoms with Crippen molar-refractivity contribution in [2.75, 3.05) is 19.6 Å². The third-order valence-electron chi connectivity index (χ3n) is 5.69. The van der Waals surface area contributed by atoms with Crippen LogP contribution in [-0.2, 0) is 17.8 Å². The van der Waals surface area contributed by atoms with Gasteiger partial charge < -0.3 is 10.2 Å². The number of nitrogens with one attached hydrogen (secondary N) is 1. The molecule has 0 saturated carbocycles. The van der Waals surface area contributed by atoms with Crippen LogP contribution in [0.5, 0.6) is 0 Å². The van der Waals surface area contributed by atoms with Crippen molar-refractivity contribution >= 4 is 30.7 Å². The Morgan fingerprint density at radius 2 is 1.87 bits per heavy atom. The van der Waals surface area contributed by atoms with E-state index in [1.807, 2.05) is 23.1 Å². The summed E-state index contributed by atoms with van der Waals surface area (Å²) in [5, 5.41) is 3.39. The molecule has 4 nitrogen and oxygen atoms in total. The van der Waals surface area contributed by atoms with Crippen molar-refractivity contribution in [1.29, 1.82) is 0 Å². The summed E-state index contributed by atoms with van der Waals surface area (Å²) in [7, 11) is 0. The number of carbonyl (C=O) groups excluding carboxylic acids is 1. The summed E-state index contributed by atoms with van der Waals surface area (Å²) in [6.07, 6.45) is 5.34. The summed E-state index contributed by atoms with van der Waals surface area (Å²) in [5.74, 6) is 0.898. The van der Waals surface area contributed by atoms with Gasteiger partial charge in [-0.05, 0) is 67.6 Å². The molecule has 1 amide bonds. The Hall–Kier alpha value is -1.69. The molecule has 7 heteroatoms. The van der Waals surface area contributed by atoms with Gasteiger partial charge in [0, 0.05) is 37.8 Å². The fourth-order valence-corrected chi connectivity index (χ4v) is 3.88. The van der Waals surface area contributed by atoms with Crippen LogP contribution in [0, 0.1) is 17.7 Å². The van der Waals surface area contributed by atoms with Crippen LogP contribution in [0.3, 0.4) is 0 Å². The minimum Gasteiger partial charge on any atom is -0.338 e. The number of hydrogen-bond donors (Lipinski definition) is 1. The van der Waals surface area contributed by atoms with Crippen LogP contribution < -0.4 is 5.32 Å². The van der Waals surface area contributed by atoms with Gasteiger partial charge in [-0.2, -0.15) is 0 Å². The van der Waals surface area contributed by atoms with Crippen LogP contribution in [0.15, 0.2) is 48.7 Å². The van der Waals surface area contributed by atoms with Gasteiger partial charge in [-0.25, -0.2) is 4.39 Å². The summed E-state index contributed by atoms with van der Waals surface area (Å²) in [4.78, 5) is 19.4. The average molecular weight is 456 g/mol. The minimum atomic E-state index is -0.255. The van der Waals surface area contributed by atoms with E-state index in [9.17, 15) is 9.18 Å². The average Bonchev–Trinajstić information content (AvgIpc) is 2.73. The van der Waals surface area contributed by atoms with Crippen LogP contribution in [0.2, 0.25) is 0 Å². The first-order chi connectivity index (χ1) is 13.6. The molecule has 166 valence electrons. The number of benzene rings is 1. The molecule has 1 aromatic carbocycles. The number of hydrogen-bond acceptors (Lipinski definition) is 3. The molecule has 0 bridgehead atoms. The molecule has 0 aliphatic carbocycles. The second-order valence-electron chi connectivity index (χ2n) is 7.78. The smallest absolute Gasteiger partial charge is 0.223 e. The van der Waals surface area contributed by atoms with Crippen LogP contribution in [0.1, 0.15) is 37.4 Å². The van der Waals surface area contributed by atoms with Crippen LogP contribution >= 0.6 is 24.8 Å². The molecule has 0 spiro atoms. The number of halogens is 3. The molecule has 2 heterocycles. The molecule has 2 aromatic rings. The monoisotopic (exact) mass is 455 g/mol. The Balaban J connectivity index is 0.00000225.